The van der Waals surface area contributed by atoms with Gasteiger partial charge in [-0.25, -0.2) is 0 Å². The van der Waals surface area contributed by atoms with Crippen molar-refractivity contribution in [2.24, 2.45) is 5.92 Å². The van der Waals surface area contributed by atoms with Gasteiger partial charge in [-0.3, -0.25) is 4.57 Å². The minimum atomic E-state index is -3.40. The average Bonchev–Trinajstić information content (AvgIpc) is 2.29. The zero-order valence-corrected chi connectivity index (χ0v) is 10.6. The lowest BCUT2D eigenvalue weighted by atomic mass is 9.85. The molecule has 1 aliphatic rings. The molecule has 1 aliphatic carbocycles. The summed E-state index contributed by atoms with van der Waals surface area (Å²) in [4.78, 5) is 0. The lowest BCUT2D eigenvalue weighted by Crippen LogP contribution is -2.36. The lowest BCUT2D eigenvalue weighted by Gasteiger charge is -2.38. The molecule has 0 aliphatic heterocycles. The highest BCUT2D eigenvalue weighted by Crippen LogP contribution is 2.62. The van der Waals surface area contributed by atoms with Crippen LogP contribution in [-0.4, -0.2) is 24.7 Å². The quantitative estimate of drug-likeness (QED) is 0.762. The summed E-state index contributed by atoms with van der Waals surface area (Å²) in [6.07, 6.45) is 5.13. The van der Waals surface area contributed by atoms with Gasteiger partial charge in [-0.05, 0) is 25.7 Å². The molecule has 1 N–H and O–H groups in total. The summed E-state index contributed by atoms with van der Waals surface area (Å²) >= 11 is 0. The molecule has 4 nitrogen and oxygen atoms in total. The van der Waals surface area contributed by atoms with Gasteiger partial charge in [-0.1, -0.05) is 19.3 Å². The highest BCUT2D eigenvalue weighted by atomic mass is 31.2. The fraction of sp³-hybridized carbons (Fsp3) is 1.00. The average molecular weight is 236 g/mol. The molecule has 0 aromatic heterocycles. The molecule has 5 heteroatoms. The summed E-state index contributed by atoms with van der Waals surface area (Å²) in [6, 6.07) is 0. The molecular formula is C10H21O4P. The Morgan fingerprint density at radius 1 is 1.20 bits per heavy atom. The van der Waals surface area contributed by atoms with Crippen LogP contribution in [0.4, 0.5) is 0 Å². The normalized spacial score (nSPS) is 23.7. The molecule has 0 aromatic rings. The summed E-state index contributed by atoms with van der Waals surface area (Å²) in [7, 11) is -0.755. The van der Waals surface area contributed by atoms with Crippen molar-refractivity contribution in [3.8, 4) is 0 Å². The molecule has 90 valence electrons. The van der Waals surface area contributed by atoms with Crippen molar-refractivity contribution in [1.82, 2.24) is 0 Å². The Morgan fingerprint density at radius 3 is 2.07 bits per heavy atom. The molecule has 1 rings (SSSR count). The van der Waals surface area contributed by atoms with E-state index < -0.39 is 12.9 Å². The fourth-order valence-electron chi connectivity index (χ4n) is 2.32. The van der Waals surface area contributed by atoms with Crippen LogP contribution < -0.4 is 0 Å². The molecular weight excluding hydrogens is 215 g/mol. The van der Waals surface area contributed by atoms with E-state index in [2.05, 4.69) is 0 Å². The maximum absolute atomic E-state index is 12.2. The number of aliphatic hydroxyl groups is 1. The van der Waals surface area contributed by atoms with Gasteiger partial charge < -0.3 is 14.2 Å². The van der Waals surface area contributed by atoms with Gasteiger partial charge in [0.15, 0.2) is 5.34 Å². The van der Waals surface area contributed by atoms with E-state index in [0.29, 0.717) is 0 Å². The molecule has 0 heterocycles. The van der Waals surface area contributed by atoms with Crippen molar-refractivity contribution in [2.75, 3.05) is 14.2 Å². The molecule has 0 bridgehead atoms. The van der Waals surface area contributed by atoms with Crippen molar-refractivity contribution < 1.29 is 18.7 Å². The predicted octanol–water partition coefficient (Wildman–Crippen LogP) is 2.76. The zero-order chi connectivity index (χ0) is 11.5. The van der Waals surface area contributed by atoms with Crippen LogP contribution in [-0.2, 0) is 13.6 Å². The third-order valence-corrected chi connectivity index (χ3v) is 5.85. The largest absolute Gasteiger partial charge is 0.377 e. The van der Waals surface area contributed by atoms with Gasteiger partial charge in [0, 0.05) is 14.2 Å². The Labute approximate surface area is 91.5 Å². The maximum Gasteiger partial charge on any atom is 0.361 e. The smallest absolute Gasteiger partial charge is 0.361 e. The lowest BCUT2D eigenvalue weighted by molar-refractivity contribution is 0.0257. The molecule has 0 radical (unpaired) electrons. The first-order valence-electron chi connectivity index (χ1n) is 5.42. The van der Waals surface area contributed by atoms with Crippen LogP contribution in [0.3, 0.4) is 0 Å². The Hall–Kier alpha value is 0.110. The molecule has 1 atom stereocenters. The van der Waals surface area contributed by atoms with Gasteiger partial charge in [0.2, 0.25) is 0 Å². The minimum absolute atomic E-state index is 0.0111. The molecule has 1 saturated carbocycles. The second kappa shape index (κ2) is 4.96. The first-order valence-corrected chi connectivity index (χ1v) is 6.96. The first kappa shape index (κ1) is 13.2. The van der Waals surface area contributed by atoms with E-state index in [0.717, 1.165) is 25.7 Å². The second-order valence-corrected chi connectivity index (χ2v) is 6.92. The van der Waals surface area contributed by atoms with Gasteiger partial charge in [-0.15, -0.1) is 0 Å². The molecule has 0 spiro atoms. The Morgan fingerprint density at radius 2 is 1.67 bits per heavy atom. The van der Waals surface area contributed by atoms with E-state index in [1.807, 2.05) is 0 Å². The van der Waals surface area contributed by atoms with E-state index in [1.54, 1.807) is 6.92 Å². The van der Waals surface area contributed by atoms with E-state index in [-0.39, 0.29) is 5.92 Å². The topological polar surface area (TPSA) is 55.8 Å². The highest BCUT2D eigenvalue weighted by molar-refractivity contribution is 7.55. The minimum Gasteiger partial charge on any atom is -0.377 e. The van der Waals surface area contributed by atoms with Crippen LogP contribution in [0.5, 0.6) is 0 Å². The summed E-state index contributed by atoms with van der Waals surface area (Å²) in [5, 5.41) is 8.98. The standard InChI is InChI=1S/C10H21O4P/c1-10(11,15(12,13-2)14-3)9-7-5-4-6-8-9/h9,11H,4-8H2,1-3H3. The van der Waals surface area contributed by atoms with E-state index in [1.165, 1.54) is 20.6 Å². The molecule has 0 saturated heterocycles. The molecule has 0 amide bonds. The maximum atomic E-state index is 12.2. The molecule has 1 unspecified atom stereocenters. The molecule has 1 fully saturated rings. The Kier molecular flexibility index (Phi) is 4.36. The molecule has 15 heavy (non-hydrogen) atoms. The van der Waals surface area contributed by atoms with Crippen LogP contribution in [0.2, 0.25) is 0 Å². The van der Waals surface area contributed by atoms with Crippen molar-refractivity contribution in [3.05, 3.63) is 0 Å². The van der Waals surface area contributed by atoms with Gasteiger partial charge in [0.05, 0.1) is 0 Å². The number of rotatable bonds is 4. The van der Waals surface area contributed by atoms with E-state index >= 15 is 0 Å². The van der Waals surface area contributed by atoms with E-state index in [9.17, 15) is 9.67 Å². The third kappa shape index (κ3) is 2.44. The summed E-state index contributed by atoms with van der Waals surface area (Å²) in [6.45, 7) is 1.57. The van der Waals surface area contributed by atoms with Crippen LogP contribution in [0, 0.1) is 5.92 Å². The Balaban J connectivity index is 2.83. The summed E-state index contributed by atoms with van der Waals surface area (Å²) < 4.78 is 22.0. The van der Waals surface area contributed by atoms with Crippen LogP contribution in [0.1, 0.15) is 39.0 Å². The van der Waals surface area contributed by atoms with Crippen LogP contribution in [0.25, 0.3) is 0 Å². The predicted molar refractivity (Wildman–Crippen MR) is 58.8 cm³/mol. The van der Waals surface area contributed by atoms with Crippen molar-refractivity contribution in [2.45, 2.75) is 44.4 Å². The monoisotopic (exact) mass is 236 g/mol. The van der Waals surface area contributed by atoms with E-state index in [4.69, 9.17) is 9.05 Å². The summed E-state index contributed by atoms with van der Waals surface area (Å²) in [5.41, 5.74) is 0. The van der Waals surface area contributed by atoms with Crippen LogP contribution >= 0.6 is 7.60 Å². The highest BCUT2D eigenvalue weighted by Gasteiger charge is 2.50. The number of hydrogen-bond donors (Lipinski definition) is 1. The van der Waals surface area contributed by atoms with Gasteiger partial charge in [-0.2, -0.15) is 0 Å². The molecule has 0 aromatic carbocycles. The SMILES string of the molecule is COP(=O)(OC)C(C)(O)C1CCCCC1. The van der Waals surface area contributed by atoms with Crippen molar-refractivity contribution in [1.29, 1.82) is 0 Å². The Bertz CT molecular complexity index is 238. The fourth-order valence-corrected chi connectivity index (χ4v) is 3.91. The van der Waals surface area contributed by atoms with Crippen molar-refractivity contribution in [3.63, 3.8) is 0 Å². The van der Waals surface area contributed by atoms with Gasteiger partial charge in [0.25, 0.3) is 0 Å². The van der Waals surface area contributed by atoms with Crippen molar-refractivity contribution >= 4 is 7.60 Å². The number of hydrogen-bond acceptors (Lipinski definition) is 4. The van der Waals surface area contributed by atoms with Crippen LogP contribution in [0.15, 0.2) is 0 Å². The zero-order valence-electron chi connectivity index (χ0n) is 9.73. The summed E-state index contributed by atoms with van der Waals surface area (Å²) in [5.74, 6) is 0.0111. The second-order valence-electron chi connectivity index (χ2n) is 4.29. The van der Waals surface area contributed by atoms with Gasteiger partial charge >= 0.3 is 7.60 Å². The third-order valence-electron chi connectivity index (χ3n) is 3.41. The van der Waals surface area contributed by atoms with Gasteiger partial charge in [0.1, 0.15) is 0 Å². The first-order chi connectivity index (χ1) is 6.98.